The summed E-state index contributed by atoms with van der Waals surface area (Å²) < 4.78 is 11.1. The Kier molecular flexibility index (Phi) is 6.84. The number of carbonyl (C=O) groups excluding carboxylic acids is 2. The molecule has 0 aliphatic heterocycles. The number of benzene rings is 3. The van der Waals surface area contributed by atoms with Crippen molar-refractivity contribution in [3.05, 3.63) is 95.6 Å². The zero-order chi connectivity index (χ0) is 20.5. The fourth-order valence-electron chi connectivity index (χ4n) is 2.55. The number of amides is 2. The second kappa shape index (κ2) is 9.94. The van der Waals surface area contributed by atoms with Gasteiger partial charge in [-0.25, -0.2) is 0 Å². The Bertz CT molecular complexity index is 939. The number of para-hydroxylation sites is 1. The lowest BCUT2D eigenvalue weighted by molar-refractivity contribution is -0.123. The molecule has 3 aromatic rings. The van der Waals surface area contributed by atoms with Gasteiger partial charge in [0.25, 0.3) is 5.91 Å². The summed E-state index contributed by atoms with van der Waals surface area (Å²) in [5, 5.41) is 2.81. The highest BCUT2D eigenvalue weighted by molar-refractivity contribution is 5.92. The number of hydrogen-bond donors (Lipinski definition) is 2. The van der Waals surface area contributed by atoms with Crippen molar-refractivity contribution in [1.82, 2.24) is 5.32 Å². The van der Waals surface area contributed by atoms with Crippen molar-refractivity contribution in [3.8, 4) is 11.5 Å². The van der Waals surface area contributed by atoms with E-state index in [4.69, 9.17) is 15.2 Å². The lowest BCUT2D eigenvalue weighted by atomic mass is 10.1. The first-order valence-electron chi connectivity index (χ1n) is 9.15. The number of carbonyl (C=O) groups is 2. The third-order valence-corrected chi connectivity index (χ3v) is 4.17. The maximum absolute atomic E-state index is 12.0. The Balaban J connectivity index is 1.40. The van der Waals surface area contributed by atoms with Gasteiger partial charge in [-0.2, -0.15) is 0 Å². The van der Waals surface area contributed by atoms with E-state index in [2.05, 4.69) is 5.32 Å². The molecule has 3 aromatic carbocycles. The van der Waals surface area contributed by atoms with Gasteiger partial charge in [-0.15, -0.1) is 0 Å². The minimum absolute atomic E-state index is 0.112. The molecule has 0 unspecified atom stereocenters. The molecule has 0 heterocycles. The smallest absolute Gasteiger partial charge is 0.258 e. The summed E-state index contributed by atoms with van der Waals surface area (Å²) in [5.41, 5.74) is 7.60. The second-order valence-corrected chi connectivity index (χ2v) is 6.37. The summed E-state index contributed by atoms with van der Waals surface area (Å²) in [6.45, 7) is 0.778. The quantitative estimate of drug-likeness (QED) is 0.588. The van der Waals surface area contributed by atoms with Crippen molar-refractivity contribution >= 4 is 11.8 Å². The molecule has 0 aliphatic rings. The van der Waals surface area contributed by atoms with E-state index in [1.165, 1.54) is 0 Å². The Morgan fingerprint density at radius 2 is 1.38 bits per heavy atom. The largest absolute Gasteiger partial charge is 0.489 e. The molecule has 29 heavy (non-hydrogen) atoms. The normalized spacial score (nSPS) is 10.2. The van der Waals surface area contributed by atoms with Crippen LogP contribution in [0, 0.1) is 0 Å². The van der Waals surface area contributed by atoms with Crippen LogP contribution in [0.5, 0.6) is 11.5 Å². The minimum atomic E-state index is -0.507. The average molecular weight is 390 g/mol. The molecule has 6 nitrogen and oxygen atoms in total. The fourth-order valence-corrected chi connectivity index (χ4v) is 2.55. The molecule has 0 aliphatic carbocycles. The second-order valence-electron chi connectivity index (χ2n) is 6.37. The highest BCUT2D eigenvalue weighted by Crippen LogP contribution is 2.13. The molecule has 3 N–H and O–H groups in total. The molecular formula is C23H22N2O4. The monoisotopic (exact) mass is 390 g/mol. The van der Waals surface area contributed by atoms with Gasteiger partial charge < -0.3 is 20.5 Å². The van der Waals surface area contributed by atoms with E-state index >= 15 is 0 Å². The molecule has 0 saturated carbocycles. The van der Waals surface area contributed by atoms with Gasteiger partial charge in [0.2, 0.25) is 5.91 Å². The number of nitrogens with one attached hydrogen (secondary N) is 1. The third kappa shape index (κ3) is 6.39. The van der Waals surface area contributed by atoms with Gasteiger partial charge in [0.1, 0.15) is 18.1 Å². The molecular weight excluding hydrogens is 368 g/mol. The summed E-state index contributed by atoms with van der Waals surface area (Å²) in [6.07, 6.45) is 0. The van der Waals surface area contributed by atoms with E-state index < -0.39 is 5.91 Å². The number of rotatable bonds is 9. The van der Waals surface area contributed by atoms with Crippen LogP contribution in [-0.4, -0.2) is 18.4 Å². The molecule has 0 fully saturated rings. The summed E-state index contributed by atoms with van der Waals surface area (Å²) in [6, 6.07) is 23.8. The van der Waals surface area contributed by atoms with Crippen molar-refractivity contribution in [1.29, 1.82) is 0 Å². The maximum Gasteiger partial charge on any atom is 0.258 e. The molecule has 0 bridgehead atoms. The Morgan fingerprint density at radius 3 is 2.03 bits per heavy atom. The van der Waals surface area contributed by atoms with Crippen LogP contribution in [-0.2, 0) is 17.9 Å². The predicted molar refractivity (Wildman–Crippen MR) is 110 cm³/mol. The SMILES string of the molecule is NC(=O)c1ccc(OCC(=O)NCc2ccc(COc3ccccc3)cc2)cc1. The van der Waals surface area contributed by atoms with Gasteiger partial charge in [-0.05, 0) is 47.5 Å². The zero-order valence-corrected chi connectivity index (χ0v) is 15.8. The van der Waals surface area contributed by atoms with Gasteiger partial charge in [-0.3, -0.25) is 9.59 Å². The third-order valence-electron chi connectivity index (χ3n) is 4.17. The zero-order valence-electron chi connectivity index (χ0n) is 15.8. The summed E-state index contributed by atoms with van der Waals surface area (Å²) in [7, 11) is 0. The van der Waals surface area contributed by atoms with Crippen LogP contribution in [0.2, 0.25) is 0 Å². The van der Waals surface area contributed by atoms with Crippen LogP contribution in [0.25, 0.3) is 0 Å². The minimum Gasteiger partial charge on any atom is -0.489 e. The molecule has 0 saturated heterocycles. The van der Waals surface area contributed by atoms with Gasteiger partial charge in [0.05, 0.1) is 0 Å². The number of nitrogens with two attached hydrogens (primary N) is 1. The van der Waals surface area contributed by atoms with Crippen LogP contribution >= 0.6 is 0 Å². The van der Waals surface area contributed by atoms with Crippen LogP contribution in [0.3, 0.4) is 0 Å². The fraction of sp³-hybridized carbons (Fsp3) is 0.130. The number of primary amides is 1. The Morgan fingerprint density at radius 1 is 0.759 bits per heavy atom. The van der Waals surface area contributed by atoms with Crippen LogP contribution in [0.15, 0.2) is 78.9 Å². The van der Waals surface area contributed by atoms with Gasteiger partial charge in [-0.1, -0.05) is 42.5 Å². The maximum atomic E-state index is 12.0. The summed E-state index contributed by atoms with van der Waals surface area (Å²) >= 11 is 0. The van der Waals surface area contributed by atoms with Crippen molar-refractivity contribution in [2.24, 2.45) is 5.73 Å². The molecule has 2 amide bonds. The molecule has 6 heteroatoms. The molecule has 0 aromatic heterocycles. The molecule has 0 spiro atoms. The van der Waals surface area contributed by atoms with E-state index in [0.29, 0.717) is 24.5 Å². The molecule has 3 rings (SSSR count). The number of hydrogen-bond acceptors (Lipinski definition) is 4. The standard InChI is InChI=1S/C23H22N2O4/c24-23(27)19-10-12-21(13-11-19)29-16-22(26)25-14-17-6-8-18(9-7-17)15-28-20-4-2-1-3-5-20/h1-13H,14-16H2,(H2,24,27)(H,25,26). The van der Waals surface area contributed by atoms with Crippen LogP contribution in [0.1, 0.15) is 21.5 Å². The van der Waals surface area contributed by atoms with Crippen molar-refractivity contribution in [2.75, 3.05) is 6.61 Å². The topological polar surface area (TPSA) is 90.7 Å². The van der Waals surface area contributed by atoms with E-state index in [0.717, 1.165) is 16.9 Å². The van der Waals surface area contributed by atoms with Gasteiger partial charge in [0, 0.05) is 12.1 Å². The van der Waals surface area contributed by atoms with Gasteiger partial charge in [0.15, 0.2) is 6.61 Å². The van der Waals surface area contributed by atoms with E-state index in [9.17, 15) is 9.59 Å². The van der Waals surface area contributed by atoms with Crippen LogP contribution < -0.4 is 20.5 Å². The first-order chi connectivity index (χ1) is 14.1. The molecule has 148 valence electrons. The molecule has 0 atom stereocenters. The Labute approximate surface area is 169 Å². The summed E-state index contributed by atoms with van der Waals surface area (Å²) in [4.78, 5) is 23.0. The van der Waals surface area contributed by atoms with Crippen molar-refractivity contribution in [2.45, 2.75) is 13.2 Å². The first kappa shape index (κ1) is 19.9. The number of ether oxygens (including phenoxy) is 2. The van der Waals surface area contributed by atoms with Crippen molar-refractivity contribution in [3.63, 3.8) is 0 Å². The predicted octanol–water partition coefficient (Wildman–Crippen LogP) is 3.06. The highest BCUT2D eigenvalue weighted by Gasteiger charge is 2.05. The molecule has 0 radical (unpaired) electrons. The average Bonchev–Trinajstić information content (AvgIpc) is 2.76. The summed E-state index contributed by atoms with van der Waals surface area (Å²) in [5.74, 6) is 0.577. The van der Waals surface area contributed by atoms with Crippen molar-refractivity contribution < 1.29 is 19.1 Å². The van der Waals surface area contributed by atoms with Gasteiger partial charge >= 0.3 is 0 Å². The van der Waals surface area contributed by atoms with E-state index in [1.807, 2.05) is 54.6 Å². The van der Waals surface area contributed by atoms with E-state index in [-0.39, 0.29) is 12.5 Å². The van der Waals surface area contributed by atoms with E-state index in [1.54, 1.807) is 24.3 Å². The Hall–Kier alpha value is -3.80. The van der Waals surface area contributed by atoms with Crippen LogP contribution in [0.4, 0.5) is 0 Å². The first-order valence-corrected chi connectivity index (χ1v) is 9.15. The lowest BCUT2D eigenvalue weighted by Gasteiger charge is -2.09. The highest BCUT2D eigenvalue weighted by atomic mass is 16.5. The lowest BCUT2D eigenvalue weighted by Crippen LogP contribution is -2.28.